The van der Waals surface area contributed by atoms with E-state index in [0.717, 1.165) is 6.42 Å². The standard InChI is InChI=1S/C14H21N3O4/c1-3-8-16(9-10-18)14(19)11-6-5-7-12(17(20)21)13(11)15-4-2/h5-7,15,18H,3-4,8-10H2,1-2H3. The molecule has 1 aromatic carbocycles. The zero-order chi connectivity index (χ0) is 15.8. The van der Waals surface area contributed by atoms with Crippen molar-refractivity contribution in [2.45, 2.75) is 20.3 Å². The first-order valence-corrected chi connectivity index (χ1v) is 6.98. The molecule has 0 heterocycles. The molecule has 2 N–H and O–H groups in total. The first kappa shape index (κ1) is 16.9. The van der Waals surface area contributed by atoms with Crippen LogP contribution in [0.1, 0.15) is 30.6 Å². The van der Waals surface area contributed by atoms with Gasteiger partial charge in [-0.25, -0.2) is 0 Å². The quantitative estimate of drug-likeness (QED) is 0.564. The van der Waals surface area contributed by atoms with E-state index in [1.165, 1.54) is 17.0 Å². The Morgan fingerprint density at radius 2 is 2.10 bits per heavy atom. The number of aliphatic hydroxyl groups excluding tert-OH is 1. The van der Waals surface area contributed by atoms with Crippen LogP contribution < -0.4 is 5.32 Å². The number of benzene rings is 1. The van der Waals surface area contributed by atoms with Crippen molar-refractivity contribution in [1.82, 2.24) is 4.90 Å². The Labute approximate surface area is 123 Å². The van der Waals surface area contributed by atoms with Crippen LogP contribution in [0, 0.1) is 10.1 Å². The second kappa shape index (κ2) is 8.21. The number of aliphatic hydroxyl groups is 1. The summed E-state index contributed by atoms with van der Waals surface area (Å²) in [4.78, 5) is 24.6. The molecule has 0 aliphatic rings. The molecule has 7 nitrogen and oxygen atoms in total. The van der Waals surface area contributed by atoms with E-state index in [1.54, 1.807) is 6.07 Å². The predicted molar refractivity (Wildman–Crippen MR) is 80.5 cm³/mol. The van der Waals surface area contributed by atoms with Gasteiger partial charge in [-0.3, -0.25) is 14.9 Å². The lowest BCUT2D eigenvalue weighted by molar-refractivity contribution is -0.384. The predicted octanol–water partition coefficient (Wildman–Crippen LogP) is 1.87. The third-order valence-corrected chi connectivity index (χ3v) is 2.97. The van der Waals surface area contributed by atoms with Crippen molar-refractivity contribution in [2.75, 3.05) is 31.6 Å². The Balaban J connectivity index is 3.23. The lowest BCUT2D eigenvalue weighted by Gasteiger charge is -2.22. The van der Waals surface area contributed by atoms with Gasteiger partial charge in [-0.05, 0) is 19.4 Å². The Bertz CT molecular complexity index is 499. The van der Waals surface area contributed by atoms with Crippen molar-refractivity contribution in [1.29, 1.82) is 0 Å². The molecule has 0 spiro atoms. The molecule has 0 saturated carbocycles. The highest BCUT2D eigenvalue weighted by Gasteiger charge is 2.24. The van der Waals surface area contributed by atoms with Gasteiger partial charge in [0.15, 0.2) is 0 Å². The van der Waals surface area contributed by atoms with Crippen molar-refractivity contribution >= 4 is 17.3 Å². The molecular weight excluding hydrogens is 274 g/mol. The van der Waals surface area contributed by atoms with Crippen LogP contribution in [0.15, 0.2) is 18.2 Å². The molecule has 0 bridgehead atoms. The number of amides is 1. The fraction of sp³-hybridized carbons (Fsp3) is 0.500. The van der Waals surface area contributed by atoms with Gasteiger partial charge in [0.2, 0.25) is 0 Å². The third kappa shape index (κ3) is 4.16. The summed E-state index contributed by atoms with van der Waals surface area (Å²) < 4.78 is 0. The van der Waals surface area contributed by atoms with Gasteiger partial charge in [0.25, 0.3) is 11.6 Å². The topological polar surface area (TPSA) is 95.7 Å². The molecule has 0 saturated heterocycles. The second-order valence-corrected chi connectivity index (χ2v) is 4.50. The number of para-hydroxylation sites is 1. The van der Waals surface area contributed by atoms with Gasteiger partial charge in [0, 0.05) is 25.7 Å². The first-order chi connectivity index (χ1) is 10.1. The van der Waals surface area contributed by atoms with Crippen LogP contribution in [-0.4, -0.2) is 47.1 Å². The summed E-state index contributed by atoms with van der Waals surface area (Å²) in [6.07, 6.45) is 0.747. The highest BCUT2D eigenvalue weighted by Crippen LogP contribution is 2.29. The second-order valence-electron chi connectivity index (χ2n) is 4.50. The van der Waals surface area contributed by atoms with E-state index in [9.17, 15) is 14.9 Å². The van der Waals surface area contributed by atoms with Gasteiger partial charge < -0.3 is 15.3 Å². The fourth-order valence-corrected chi connectivity index (χ4v) is 2.11. The average molecular weight is 295 g/mol. The minimum absolute atomic E-state index is 0.122. The molecule has 0 aliphatic heterocycles. The maximum absolute atomic E-state index is 12.5. The lowest BCUT2D eigenvalue weighted by atomic mass is 10.1. The van der Waals surface area contributed by atoms with Gasteiger partial charge in [0.1, 0.15) is 5.69 Å². The fourth-order valence-electron chi connectivity index (χ4n) is 2.11. The first-order valence-electron chi connectivity index (χ1n) is 6.98. The van der Waals surface area contributed by atoms with Crippen molar-refractivity contribution in [3.05, 3.63) is 33.9 Å². The summed E-state index contributed by atoms with van der Waals surface area (Å²) in [5.41, 5.74) is 0.366. The Morgan fingerprint density at radius 3 is 2.62 bits per heavy atom. The molecule has 21 heavy (non-hydrogen) atoms. The highest BCUT2D eigenvalue weighted by atomic mass is 16.6. The van der Waals surface area contributed by atoms with Crippen molar-refractivity contribution < 1.29 is 14.8 Å². The van der Waals surface area contributed by atoms with Crippen LogP contribution in [-0.2, 0) is 0 Å². The van der Waals surface area contributed by atoms with Crippen LogP contribution in [0.5, 0.6) is 0 Å². The number of nitrogens with one attached hydrogen (secondary N) is 1. The van der Waals surface area contributed by atoms with E-state index in [1.807, 2.05) is 13.8 Å². The van der Waals surface area contributed by atoms with Gasteiger partial charge >= 0.3 is 0 Å². The summed E-state index contributed by atoms with van der Waals surface area (Å²) in [7, 11) is 0. The highest BCUT2D eigenvalue weighted by molar-refractivity contribution is 6.01. The Hall–Kier alpha value is -2.15. The van der Waals surface area contributed by atoms with E-state index in [-0.39, 0.29) is 36.0 Å². The van der Waals surface area contributed by atoms with Crippen molar-refractivity contribution in [2.24, 2.45) is 0 Å². The number of nitrogens with zero attached hydrogens (tertiary/aromatic N) is 2. The smallest absolute Gasteiger partial charge is 0.293 e. The Kier molecular flexibility index (Phi) is 6.61. The lowest BCUT2D eigenvalue weighted by Crippen LogP contribution is -2.34. The average Bonchev–Trinajstić information content (AvgIpc) is 2.46. The van der Waals surface area contributed by atoms with Gasteiger partial charge in [0.05, 0.1) is 17.1 Å². The molecule has 116 valence electrons. The van der Waals surface area contributed by atoms with Crippen molar-refractivity contribution in [3.63, 3.8) is 0 Å². The molecule has 1 aromatic rings. The summed E-state index contributed by atoms with van der Waals surface area (Å²) in [5.74, 6) is -0.314. The molecule has 0 atom stereocenters. The normalized spacial score (nSPS) is 10.2. The minimum Gasteiger partial charge on any atom is -0.395 e. The number of nitro benzene ring substituents is 1. The molecule has 0 aromatic heterocycles. The van der Waals surface area contributed by atoms with Crippen LogP contribution >= 0.6 is 0 Å². The van der Waals surface area contributed by atoms with Crippen molar-refractivity contribution in [3.8, 4) is 0 Å². The number of carbonyl (C=O) groups is 1. The number of carbonyl (C=O) groups excluding carboxylic acids is 1. The molecule has 0 unspecified atom stereocenters. The van der Waals surface area contributed by atoms with Crippen LogP contribution in [0.2, 0.25) is 0 Å². The number of anilines is 1. The largest absolute Gasteiger partial charge is 0.395 e. The maximum atomic E-state index is 12.5. The van der Waals surface area contributed by atoms with E-state index in [0.29, 0.717) is 13.1 Å². The minimum atomic E-state index is -0.509. The molecule has 7 heteroatoms. The molecular formula is C14H21N3O4. The molecule has 0 fully saturated rings. The van der Waals surface area contributed by atoms with Crippen LogP contribution in [0.25, 0.3) is 0 Å². The van der Waals surface area contributed by atoms with Gasteiger partial charge in [-0.1, -0.05) is 13.0 Å². The van der Waals surface area contributed by atoms with E-state index >= 15 is 0 Å². The summed E-state index contributed by atoms with van der Waals surface area (Å²) >= 11 is 0. The zero-order valence-corrected chi connectivity index (χ0v) is 12.3. The van der Waals surface area contributed by atoms with Gasteiger partial charge in [-0.15, -0.1) is 0 Å². The molecule has 0 aliphatic carbocycles. The van der Waals surface area contributed by atoms with E-state index < -0.39 is 4.92 Å². The summed E-state index contributed by atoms with van der Waals surface area (Å²) in [6.45, 7) is 4.77. The third-order valence-electron chi connectivity index (χ3n) is 2.97. The monoisotopic (exact) mass is 295 g/mol. The maximum Gasteiger partial charge on any atom is 0.293 e. The Morgan fingerprint density at radius 1 is 1.38 bits per heavy atom. The summed E-state index contributed by atoms with van der Waals surface area (Å²) in [6, 6.07) is 4.42. The summed E-state index contributed by atoms with van der Waals surface area (Å²) in [5, 5.41) is 23.0. The van der Waals surface area contributed by atoms with Gasteiger partial charge in [-0.2, -0.15) is 0 Å². The van der Waals surface area contributed by atoms with E-state index in [4.69, 9.17) is 5.11 Å². The number of hydrogen-bond donors (Lipinski definition) is 2. The van der Waals surface area contributed by atoms with Crippen LogP contribution in [0.3, 0.4) is 0 Å². The molecule has 1 amide bonds. The number of hydrogen-bond acceptors (Lipinski definition) is 5. The number of nitro groups is 1. The van der Waals surface area contributed by atoms with Crippen LogP contribution in [0.4, 0.5) is 11.4 Å². The number of rotatable bonds is 8. The zero-order valence-electron chi connectivity index (χ0n) is 12.3. The molecule has 1 rings (SSSR count). The molecule has 0 radical (unpaired) electrons. The SMILES string of the molecule is CCCN(CCO)C(=O)c1cccc([N+](=O)[O-])c1NCC. The van der Waals surface area contributed by atoms with E-state index in [2.05, 4.69) is 5.32 Å².